The van der Waals surface area contributed by atoms with E-state index < -0.39 is 12.4 Å². The molecule has 0 aromatic carbocycles. The maximum Gasteiger partial charge on any atom is 0.307 e. The highest BCUT2D eigenvalue weighted by Gasteiger charge is 2.09. The Morgan fingerprint density at radius 2 is 1.75 bits per heavy atom. The topological polar surface area (TPSA) is 71.4 Å². The summed E-state index contributed by atoms with van der Waals surface area (Å²) in [6, 6.07) is 0. The van der Waals surface area contributed by atoms with Crippen molar-refractivity contribution in [2.24, 2.45) is 0 Å². The van der Waals surface area contributed by atoms with Crippen LogP contribution in [0.5, 0.6) is 0 Å². The molecule has 4 nitrogen and oxygen atoms in total. The van der Waals surface area contributed by atoms with Crippen molar-refractivity contribution in [1.29, 1.82) is 0 Å². The minimum absolute atomic E-state index is 0.0370. The Bertz CT molecular complexity index is 250. The molecule has 0 amide bonds. The predicted octanol–water partition coefficient (Wildman–Crippen LogP) is 0.566. The molecule has 0 aromatic heterocycles. The van der Waals surface area contributed by atoms with Gasteiger partial charge in [0.1, 0.15) is 0 Å². The second-order valence-corrected chi connectivity index (χ2v) is 2.41. The average Bonchev–Trinajstić information content (AvgIpc) is 1.83. The van der Waals surface area contributed by atoms with E-state index in [1.165, 1.54) is 13.8 Å². The van der Waals surface area contributed by atoms with Crippen LogP contribution in [0.4, 0.5) is 0 Å². The molecule has 0 aromatic rings. The van der Waals surface area contributed by atoms with Gasteiger partial charge in [0.15, 0.2) is 11.6 Å². The SMILES string of the molecule is CC(=O)/C=C(/CC(=O)O)C(C)=O. The minimum atomic E-state index is -1.11. The van der Waals surface area contributed by atoms with Crippen LogP contribution in [0.25, 0.3) is 0 Å². The standard InChI is InChI=1S/C8H10O4/c1-5(9)3-7(6(2)10)4-8(11)12/h3H,4H2,1-2H3,(H,11,12)/b7-3-. The molecule has 0 spiro atoms. The number of hydrogen-bond donors (Lipinski definition) is 1. The van der Waals surface area contributed by atoms with Crippen molar-refractivity contribution in [1.82, 2.24) is 0 Å². The highest BCUT2D eigenvalue weighted by molar-refractivity contribution is 6.03. The maximum atomic E-state index is 10.7. The van der Waals surface area contributed by atoms with E-state index in [9.17, 15) is 14.4 Å². The van der Waals surface area contributed by atoms with Gasteiger partial charge in [0.05, 0.1) is 6.42 Å². The molecular formula is C8H10O4. The van der Waals surface area contributed by atoms with Crippen LogP contribution in [-0.4, -0.2) is 22.6 Å². The maximum absolute atomic E-state index is 10.7. The fourth-order valence-electron chi connectivity index (χ4n) is 0.685. The summed E-state index contributed by atoms with van der Waals surface area (Å²) in [5.41, 5.74) is 0.0370. The first-order chi connectivity index (χ1) is 5.43. The summed E-state index contributed by atoms with van der Waals surface area (Å²) in [5, 5.41) is 8.34. The summed E-state index contributed by atoms with van der Waals surface area (Å²) >= 11 is 0. The number of carbonyl (C=O) groups excluding carboxylic acids is 2. The first-order valence-corrected chi connectivity index (χ1v) is 3.37. The summed E-state index contributed by atoms with van der Waals surface area (Å²) in [7, 11) is 0. The fourth-order valence-corrected chi connectivity index (χ4v) is 0.685. The van der Waals surface area contributed by atoms with Crippen LogP contribution in [0.15, 0.2) is 11.6 Å². The van der Waals surface area contributed by atoms with Crippen LogP contribution in [0, 0.1) is 0 Å². The molecule has 0 aliphatic heterocycles. The number of aliphatic carboxylic acids is 1. The summed E-state index contributed by atoms with van der Waals surface area (Å²) < 4.78 is 0. The van der Waals surface area contributed by atoms with Gasteiger partial charge in [-0.25, -0.2) is 0 Å². The number of hydrogen-bond acceptors (Lipinski definition) is 3. The van der Waals surface area contributed by atoms with E-state index in [0.717, 1.165) is 6.08 Å². The van der Waals surface area contributed by atoms with E-state index in [-0.39, 0.29) is 17.1 Å². The lowest BCUT2D eigenvalue weighted by Crippen LogP contribution is -2.05. The first kappa shape index (κ1) is 10.6. The molecule has 0 bridgehead atoms. The normalized spacial score (nSPS) is 11.0. The quantitative estimate of drug-likeness (QED) is 0.626. The van der Waals surface area contributed by atoms with E-state index in [1.807, 2.05) is 0 Å². The van der Waals surface area contributed by atoms with E-state index in [2.05, 4.69) is 0 Å². The molecule has 0 aliphatic carbocycles. The molecule has 0 radical (unpaired) electrons. The van der Waals surface area contributed by atoms with Gasteiger partial charge >= 0.3 is 5.97 Å². The predicted molar refractivity (Wildman–Crippen MR) is 41.7 cm³/mol. The van der Waals surface area contributed by atoms with Crippen LogP contribution < -0.4 is 0 Å². The number of carboxylic acids is 1. The summed E-state index contributed by atoms with van der Waals surface area (Å²) in [6.45, 7) is 2.50. The van der Waals surface area contributed by atoms with Crippen molar-refractivity contribution in [3.63, 3.8) is 0 Å². The van der Waals surface area contributed by atoms with Crippen molar-refractivity contribution in [2.75, 3.05) is 0 Å². The third kappa shape index (κ3) is 4.38. The Morgan fingerprint density at radius 3 is 2.00 bits per heavy atom. The van der Waals surface area contributed by atoms with Gasteiger partial charge in [-0.2, -0.15) is 0 Å². The van der Waals surface area contributed by atoms with Gasteiger partial charge in [-0.1, -0.05) is 0 Å². The van der Waals surface area contributed by atoms with Gasteiger partial charge < -0.3 is 5.11 Å². The Kier molecular flexibility index (Phi) is 3.90. The van der Waals surface area contributed by atoms with Crippen molar-refractivity contribution >= 4 is 17.5 Å². The molecule has 66 valence electrons. The smallest absolute Gasteiger partial charge is 0.307 e. The second kappa shape index (κ2) is 4.43. The zero-order valence-electron chi connectivity index (χ0n) is 6.96. The first-order valence-electron chi connectivity index (χ1n) is 3.37. The molecule has 0 heterocycles. The van der Waals surface area contributed by atoms with Gasteiger partial charge in [0.2, 0.25) is 0 Å². The van der Waals surface area contributed by atoms with Crippen LogP contribution in [0.1, 0.15) is 20.3 Å². The number of carbonyl (C=O) groups is 3. The van der Waals surface area contributed by atoms with Crippen molar-refractivity contribution in [3.05, 3.63) is 11.6 Å². The second-order valence-electron chi connectivity index (χ2n) is 2.41. The zero-order valence-corrected chi connectivity index (χ0v) is 6.96. The highest BCUT2D eigenvalue weighted by Crippen LogP contribution is 2.02. The Labute approximate surface area is 69.9 Å². The minimum Gasteiger partial charge on any atom is -0.481 e. The van der Waals surface area contributed by atoms with Gasteiger partial charge in [-0.15, -0.1) is 0 Å². The number of ketones is 2. The summed E-state index contributed by atoms with van der Waals surface area (Å²) in [5.74, 6) is -1.81. The molecule has 12 heavy (non-hydrogen) atoms. The number of rotatable bonds is 4. The molecule has 0 aliphatic rings. The lowest BCUT2D eigenvalue weighted by atomic mass is 10.1. The van der Waals surface area contributed by atoms with Crippen molar-refractivity contribution in [2.45, 2.75) is 20.3 Å². The number of allylic oxidation sites excluding steroid dienone is 1. The molecule has 0 unspecified atom stereocenters. The Hall–Kier alpha value is -1.45. The molecule has 0 saturated heterocycles. The Morgan fingerprint density at radius 1 is 1.25 bits per heavy atom. The molecule has 0 atom stereocenters. The molecule has 0 rings (SSSR count). The van der Waals surface area contributed by atoms with E-state index >= 15 is 0 Å². The highest BCUT2D eigenvalue weighted by atomic mass is 16.4. The molecular weight excluding hydrogens is 160 g/mol. The molecule has 0 fully saturated rings. The lowest BCUT2D eigenvalue weighted by molar-refractivity contribution is -0.136. The summed E-state index contributed by atoms with van der Waals surface area (Å²) in [4.78, 5) is 31.4. The van der Waals surface area contributed by atoms with Crippen molar-refractivity contribution in [3.8, 4) is 0 Å². The Balaban J connectivity index is 4.55. The van der Waals surface area contributed by atoms with Crippen LogP contribution in [0.3, 0.4) is 0 Å². The van der Waals surface area contributed by atoms with Gasteiger partial charge in [0, 0.05) is 5.57 Å². The monoisotopic (exact) mass is 170 g/mol. The van der Waals surface area contributed by atoms with Gasteiger partial charge in [-0.3, -0.25) is 14.4 Å². The van der Waals surface area contributed by atoms with Gasteiger partial charge in [-0.05, 0) is 19.9 Å². The van der Waals surface area contributed by atoms with Crippen molar-refractivity contribution < 1.29 is 19.5 Å². The van der Waals surface area contributed by atoms with E-state index in [4.69, 9.17) is 5.11 Å². The van der Waals surface area contributed by atoms with Crippen LogP contribution in [-0.2, 0) is 14.4 Å². The zero-order chi connectivity index (χ0) is 9.72. The van der Waals surface area contributed by atoms with Crippen LogP contribution >= 0.6 is 0 Å². The molecule has 4 heteroatoms. The molecule has 0 saturated carbocycles. The van der Waals surface area contributed by atoms with Gasteiger partial charge in [0.25, 0.3) is 0 Å². The fraction of sp³-hybridized carbons (Fsp3) is 0.375. The lowest BCUT2D eigenvalue weighted by Gasteiger charge is -1.96. The summed E-state index contributed by atoms with van der Waals surface area (Å²) in [6.07, 6.45) is 0.658. The number of carboxylic acid groups (broad SMARTS) is 1. The third-order valence-corrected chi connectivity index (χ3v) is 1.17. The molecule has 1 N–H and O–H groups in total. The third-order valence-electron chi connectivity index (χ3n) is 1.17. The van der Waals surface area contributed by atoms with E-state index in [1.54, 1.807) is 0 Å². The van der Waals surface area contributed by atoms with E-state index in [0.29, 0.717) is 0 Å². The van der Waals surface area contributed by atoms with Crippen LogP contribution in [0.2, 0.25) is 0 Å². The average molecular weight is 170 g/mol. The number of Topliss-reactive ketones (excluding diaryl/α,β-unsaturated/α-hetero) is 1. The largest absolute Gasteiger partial charge is 0.481 e.